The number of nitrogens with two attached hydrogens (primary N) is 1. The molecule has 1 aromatic rings. The van der Waals surface area contributed by atoms with Crippen LogP contribution in [0.2, 0.25) is 0 Å². The van der Waals surface area contributed by atoms with E-state index in [4.69, 9.17) is 10.5 Å². The zero-order chi connectivity index (χ0) is 16.2. The summed E-state index contributed by atoms with van der Waals surface area (Å²) in [5, 5.41) is 2.90. The van der Waals surface area contributed by atoms with Crippen molar-refractivity contribution in [3.05, 3.63) is 30.1 Å². The second kappa shape index (κ2) is 7.09. The highest BCUT2D eigenvalue weighted by atomic mass is 19.1. The van der Waals surface area contributed by atoms with E-state index in [0.29, 0.717) is 12.3 Å². The summed E-state index contributed by atoms with van der Waals surface area (Å²) < 4.78 is 18.7. The van der Waals surface area contributed by atoms with Crippen molar-refractivity contribution in [2.24, 2.45) is 11.7 Å². The summed E-state index contributed by atoms with van der Waals surface area (Å²) in [6.07, 6.45) is 3.59. The van der Waals surface area contributed by atoms with Crippen LogP contribution in [0.25, 0.3) is 0 Å². The highest BCUT2D eigenvalue weighted by molar-refractivity contribution is 5.80. The molecule has 0 aromatic heterocycles. The van der Waals surface area contributed by atoms with Gasteiger partial charge in [-0.3, -0.25) is 4.79 Å². The summed E-state index contributed by atoms with van der Waals surface area (Å²) in [6, 6.07) is 5.98. The van der Waals surface area contributed by atoms with Crippen LogP contribution in [0, 0.1) is 11.7 Å². The zero-order valence-corrected chi connectivity index (χ0v) is 13.3. The number of carbonyl (C=O) groups excluding carboxylic acids is 1. The molecule has 1 amide bonds. The van der Waals surface area contributed by atoms with Crippen molar-refractivity contribution in [1.82, 2.24) is 5.32 Å². The summed E-state index contributed by atoms with van der Waals surface area (Å²) in [6.45, 7) is 4.17. The summed E-state index contributed by atoms with van der Waals surface area (Å²) >= 11 is 0. The van der Waals surface area contributed by atoms with E-state index >= 15 is 0 Å². The standard InChI is InChI=1S/C17H25FN2O2/c1-12(22-14-7-5-6-13(18)10-14)11-20-16(21)15-8-3-4-9-17(15,2)19/h5-7,10,12,15H,3-4,8-9,11,19H2,1-2H3,(H,20,21). The minimum absolute atomic E-state index is 0.0145. The van der Waals surface area contributed by atoms with Crippen molar-refractivity contribution in [3.63, 3.8) is 0 Å². The van der Waals surface area contributed by atoms with E-state index in [-0.39, 0.29) is 23.7 Å². The molecule has 3 atom stereocenters. The first kappa shape index (κ1) is 16.7. The first-order chi connectivity index (χ1) is 10.4. The van der Waals surface area contributed by atoms with Gasteiger partial charge < -0.3 is 15.8 Å². The number of benzene rings is 1. The molecule has 0 aliphatic heterocycles. The maximum atomic E-state index is 13.1. The summed E-state index contributed by atoms with van der Waals surface area (Å²) in [5.41, 5.74) is 5.80. The van der Waals surface area contributed by atoms with E-state index in [0.717, 1.165) is 25.7 Å². The molecule has 1 aromatic carbocycles. The lowest BCUT2D eigenvalue weighted by Crippen LogP contribution is -2.53. The van der Waals surface area contributed by atoms with E-state index in [1.54, 1.807) is 12.1 Å². The third-order valence-corrected chi connectivity index (χ3v) is 4.27. The average Bonchev–Trinajstić information content (AvgIpc) is 2.44. The van der Waals surface area contributed by atoms with Crippen LogP contribution in [0.4, 0.5) is 4.39 Å². The molecule has 3 unspecified atom stereocenters. The molecule has 0 radical (unpaired) electrons. The maximum absolute atomic E-state index is 13.1. The Balaban J connectivity index is 1.82. The lowest BCUT2D eigenvalue weighted by atomic mass is 9.74. The van der Waals surface area contributed by atoms with Crippen LogP contribution in [0.5, 0.6) is 5.75 Å². The fourth-order valence-corrected chi connectivity index (χ4v) is 2.97. The fourth-order valence-electron chi connectivity index (χ4n) is 2.97. The van der Waals surface area contributed by atoms with Crippen LogP contribution in [0.3, 0.4) is 0 Å². The molecule has 2 rings (SSSR count). The first-order valence-electron chi connectivity index (χ1n) is 7.87. The van der Waals surface area contributed by atoms with Gasteiger partial charge in [-0.05, 0) is 38.8 Å². The number of ether oxygens (including phenoxy) is 1. The van der Waals surface area contributed by atoms with E-state index in [1.165, 1.54) is 12.1 Å². The number of rotatable bonds is 5. The Morgan fingerprint density at radius 1 is 1.55 bits per heavy atom. The number of hydrogen-bond donors (Lipinski definition) is 2. The van der Waals surface area contributed by atoms with E-state index in [2.05, 4.69) is 5.32 Å². The summed E-state index contributed by atoms with van der Waals surface area (Å²) in [4.78, 5) is 12.3. The normalized spacial score (nSPS) is 26.3. The van der Waals surface area contributed by atoms with Gasteiger partial charge in [-0.25, -0.2) is 4.39 Å². The van der Waals surface area contributed by atoms with Gasteiger partial charge in [0.1, 0.15) is 17.7 Å². The van der Waals surface area contributed by atoms with Crippen LogP contribution in [0.1, 0.15) is 39.5 Å². The lowest BCUT2D eigenvalue weighted by Gasteiger charge is -2.37. The Morgan fingerprint density at radius 3 is 3.00 bits per heavy atom. The van der Waals surface area contributed by atoms with Crippen molar-refractivity contribution in [1.29, 1.82) is 0 Å². The lowest BCUT2D eigenvalue weighted by molar-refractivity contribution is -0.128. The Hall–Kier alpha value is -1.62. The van der Waals surface area contributed by atoms with Crippen LogP contribution in [0.15, 0.2) is 24.3 Å². The van der Waals surface area contributed by atoms with E-state index in [1.807, 2.05) is 13.8 Å². The molecule has 1 aliphatic rings. The van der Waals surface area contributed by atoms with E-state index < -0.39 is 5.54 Å². The van der Waals surface area contributed by atoms with Crippen molar-refractivity contribution < 1.29 is 13.9 Å². The molecule has 0 bridgehead atoms. The molecular weight excluding hydrogens is 283 g/mol. The molecule has 122 valence electrons. The number of amides is 1. The van der Waals surface area contributed by atoms with Gasteiger partial charge in [0.2, 0.25) is 5.91 Å². The molecule has 4 nitrogen and oxygen atoms in total. The number of nitrogens with one attached hydrogen (secondary N) is 1. The molecule has 22 heavy (non-hydrogen) atoms. The number of carbonyl (C=O) groups is 1. The highest BCUT2D eigenvalue weighted by Crippen LogP contribution is 2.31. The second-order valence-corrected chi connectivity index (χ2v) is 6.44. The van der Waals surface area contributed by atoms with Gasteiger partial charge in [-0.15, -0.1) is 0 Å². The van der Waals surface area contributed by atoms with Gasteiger partial charge >= 0.3 is 0 Å². The van der Waals surface area contributed by atoms with Crippen molar-refractivity contribution in [2.75, 3.05) is 6.54 Å². The zero-order valence-electron chi connectivity index (χ0n) is 13.3. The third-order valence-electron chi connectivity index (χ3n) is 4.27. The molecular formula is C17H25FN2O2. The van der Waals surface area contributed by atoms with Crippen LogP contribution < -0.4 is 15.8 Å². The first-order valence-corrected chi connectivity index (χ1v) is 7.87. The van der Waals surface area contributed by atoms with Gasteiger partial charge in [0.25, 0.3) is 0 Å². The van der Waals surface area contributed by atoms with Crippen LogP contribution in [-0.2, 0) is 4.79 Å². The van der Waals surface area contributed by atoms with Crippen molar-refractivity contribution in [2.45, 2.75) is 51.2 Å². The molecule has 3 N–H and O–H groups in total. The number of halogens is 1. The van der Waals surface area contributed by atoms with E-state index in [9.17, 15) is 9.18 Å². The SMILES string of the molecule is CC(CNC(=O)C1CCCCC1(C)N)Oc1cccc(F)c1. The summed E-state index contributed by atoms with van der Waals surface area (Å²) in [7, 11) is 0. The molecule has 0 saturated heterocycles. The molecule has 0 heterocycles. The van der Waals surface area contributed by atoms with Crippen molar-refractivity contribution in [3.8, 4) is 5.75 Å². The van der Waals surface area contributed by atoms with Gasteiger partial charge in [0, 0.05) is 11.6 Å². The largest absolute Gasteiger partial charge is 0.489 e. The Kier molecular flexibility index (Phi) is 5.40. The van der Waals surface area contributed by atoms with Gasteiger partial charge in [-0.1, -0.05) is 18.9 Å². The molecule has 5 heteroatoms. The minimum atomic E-state index is -0.436. The fraction of sp³-hybridized carbons (Fsp3) is 0.588. The summed E-state index contributed by atoms with van der Waals surface area (Å²) in [5.74, 6) is -0.0417. The van der Waals surface area contributed by atoms with Crippen molar-refractivity contribution >= 4 is 5.91 Å². The third kappa shape index (κ3) is 4.44. The predicted octanol–water partition coefficient (Wildman–Crippen LogP) is 2.62. The molecule has 1 aliphatic carbocycles. The quantitative estimate of drug-likeness (QED) is 0.879. The maximum Gasteiger partial charge on any atom is 0.225 e. The van der Waals surface area contributed by atoms with Gasteiger partial charge in [0.15, 0.2) is 0 Å². The number of hydrogen-bond acceptors (Lipinski definition) is 3. The Bertz CT molecular complexity index is 519. The average molecular weight is 308 g/mol. The van der Waals surface area contributed by atoms with Gasteiger partial charge in [0.05, 0.1) is 12.5 Å². The Morgan fingerprint density at radius 2 is 2.32 bits per heavy atom. The molecule has 1 saturated carbocycles. The molecule has 0 spiro atoms. The molecule has 1 fully saturated rings. The van der Waals surface area contributed by atoms with Crippen LogP contribution >= 0.6 is 0 Å². The Labute approximate surface area is 131 Å². The minimum Gasteiger partial charge on any atom is -0.489 e. The second-order valence-electron chi connectivity index (χ2n) is 6.44. The monoisotopic (exact) mass is 308 g/mol. The topological polar surface area (TPSA) is 64.4 Å². The predicted molar refractivity (Wildman–Crippen MR) is 84.1 cm³/mol. The van der Waals surface area contributed by atoms with Gasteiger partial charge in [-0.2, -0.15) is 0 Å². The smallest absolute Gasteiger partial charge is 0.225 e. The van der Waals surface area contributed by atoms with Crippen LogP contribution in [-0.4, -0.2) is 24.1 Å². The highest BCUT2D eigenvalue weighted by Gasteiger charge is 2.37.